The topological polar surface area (TPSA) is 95.4 Å². The first-order chi connectivity index (χ1) is 14.8. The van der Waals surface area contributed by atoms with E-state index in [1.807, 2.05) is 23.1 Å². The molecule has 0 bridgehead atoms. The Morgan fingerprint density at radius 1 is 1.19 bits per heavy atom. The minimum absolute atomic E-state index is 0.0405. The SMILES string of the molecule is Cc1nc(Cl)nc(NC2=NCC3=C2CN(C(=O)NC2CC2c2ccccc2)C3(C)C)n1. The summed E-state index contributed by atoms with van der Waals surface area (Å²) in [5.41, 5.74) is 3.01. The van der Waals surface area contributed by atoms with Crippen molar-refractivity contribution in [3.8, 4) is 0 Å². The largest absolute Gasteiger partial charge is 0.335 e. The maximum atomic E-state index is 13.2. The molecule has 3 aliphatic rings. The van der Waals surface area contributed by atoms with Crippen LogP contribution >= 0.6 is 11.6 Å². The number of aromatic nitrogens is 3. The molecule has 2 aromatic rings. The minimum atomic E-state index is -0.420. The highest BCUT2D eigenvalue weighted by atomic mass is 35.5. The predicted octanol–water partition coefficient (Wildman–Crippen LogP) is 3.31. The average molecular weight is 438 g/mol. The standard InChI is InChI=1S/C22H24ClN7O/c1-12-25-19(23)29-20(26-12)28-18-15-11-30(22(2,3)16(15)10-24-18)21(31)27-17-9-14(17)13-7-5-4-6-8-13/h4-8,14,17H,9-11H2,1-3H3,(H,27,31)(H,24,25,26,28,29). The van der Waals surface area contributed by atoms with Gasteiger partial charge in [-0.15, -0.1) is 0 Å². The Morgan fingerprint density at radius 3 is 2.71 bits per heavy atom. The van der Waals surface area contributed by atoms with Crippen LogP contribution in [0.2, 0.25) is 5.28 Å². The molecule has 2 N–H and O–H groups in total. The van der Waals surface area contributed by atoms with Crippen molar-refractivity contribution in [2.45, 2.75) is 44.7 Å². The van der Waals surface area contributed by atoms with Crippen LogP contribution in [0.25, 0.3) is 0 Å². The molecular weight excluding hydrogens is 414 g/mol. The molecule has 31 heavy (non-hydrogen) atoms. The van der Waals surface area contributed by atoms with Crippen molar-refractivity contribution < 1.29 is 4.79 Å². The molecule has 0 spiro atoms. The van der Waals surface area contributed by atoms with Crippen LogP contribution in [0.5, 0.6) is 0 Å². The van der Waals surface area contributed by atoms with Gasteiger partial charge in [0.1, 0.15) is 11.7 Å². The minimum Gasteiger partial charge on any atom is -0.335 e. The summed E-state index contributed by atoms with van der Waals surface area (Å²) in [5.74, 6) is 1.97. The number of aliphatic imine (C=N–C) groups is 1. The Kier molecular flexibility index (Phi) is 4.69. The lowest BCUT2D eigenvalue weighted by Crippen LogP contribution is -2.51. The van der Waals surface area contributed by atoms with Gasteiger partial charge in [0.25, 0.3) is 0 Å². The van der Waals surface area contributed by atoms with Crippen LogP contribution in [0.15, 0.2) is 46.5 Å². The number of aryl methyl sites for hydroxylation is 1. The van der Waals surface area contributed by atoms with Crippen molar-refractivity contribution in [1.29, 1.82) is 0 Å². The van der Waals surface area contributed by atoms with Crippen molar-refractivity contribution in [2.75, 3.05) is 18.4 Å². The third-order valence-electron chi connectivity index (χ3n) is 6.30. The monoisotopic (exact) mass is 437 g/mol. The Labute approximate surface area is 185 Å². The molecule has 1 fully saturated rings. The fourth-order valence-corrected chi connectivity index (χ4v) is 4.66. The van der Waals surface area contributed by atoms with Gasteiger partial charge in [0, 0.05) is 17.5 Å². The molecule has 1 saturated carbocycles. The lowest BCUT2D eigenvalue weighted by atomic mass is 9.94. The first-order valence-electron chi connectivity index (χ1n) is 10.4. The zero-order chi connectivity index (χ0) is 21.8. The van der Waals surface area contributed by atoms with Crippen molar-refractivity contribution in [1.82, 2.24) is 25.2 Å². The van der Waals surface area contributed by atoms with Gasteiger partial charge < -0.3 is 15.5 Å². The third-order valence-corrected chi connectivity index (χ3v) is 6.47. The third kappa shape index (κ3) is 3.65. The lowest BCUT2D eigenvalue weighted by Gasteiger charge is -2.34. The molecule has 8 nitrogen and oxygen atoms in total. The van der Waals surface area contributed by atoms with Gasteiger partial charge in [-0.3, -0.25) is 4.99 Å². The molecule has 1 aromatic carbocycles. The van der Waals surface area contributed by atoms with E-state index in [0.29, 0.717) is 36.6 Å². The molecule has 1 aliphatic carbocycles. The number of rotatable bonds is 3. The van der Waals surface area contributed by atoms with E-state index < -0.39 is 5.54 Å². The van der Waals surface area contributed by atoms with Gasteiger partial charge in [-0.1, -0.05) is 30.3 Å². The van der Waals surface area contributed by atoms with Crippen molar-refractivity contribution in [3.63, 3.8) is 0 Å². The molecule has 3 heterocycles. The van der Waals surface area contributed by atoms with Crippen LogP contribution in [0.4, 0.5) is 10.7 Å². The summed E-state index contributed by atoms with van der Waals surface area (Å²) in [4.78, 5) is 32.0. The molecular formula is C22H24ClN7O. The fraction of sp³-hybridized carbons (Fsp3) is 0.409. The second-order valence-electron chi connectivity index (χ2n) is 8.68. The van der Waals surface area contributed by atoms with E-state index in [4.69, 9.17) is 11.6 Å². The van der Waals surface area contributed by atoms with E-state index in [0.717, 1.165) is 17.6 Å². The highest BCUT2D eigenvalue weighted by Gasteiger charge is 2.47. The zero-order valence-electron chi connectivity index (χ0n) is 17.7. The summed E-state index contributed by atoms with van der Waals surface area (Å²) < 4.78 is 0. The van der Waals surface area contributed by atoms with Crippen LogP contribution in [-0.4, -0.2) is 56.4 Å². The summed E-state index contributed by atoms with van der Waals surface area (Å²) in [7, 11) is 0. The van der Waals surface area contributed by atoms with Crippen molar-refractivity contribution in [2.24, 2.45) is 4.99 Å². The molecule has 0 saturated heterocycles. The second kappa shape index (κ2) is 7.30. The number of hydrogen-bond donors (Lipinski definition) is 2. The highest BCUT2D eigenvalue weighted by molar-refractivity contribution is 6.28. The number of hydrogen-bond acceptors (Lipinski definition) is 6. The maximum Gasteiger partial charge on any atom is 0.318 e. The molecule has 0 radical (unpaired) electrons. The number of carbonyl (C=O) groups is 1. The number of carbonyl (C=O) groups excluding carboxylic acids is 1. The first kappa shape index (κ1) is 19.9. The van der Waals surface area contributed by atoms with Crippen LogP contribution in [0.1, 0.15) is 37.6 Å². The average Bonchev–Trinajstić information content (AvgIpc) is 3.27. The van der Waals surface area contributed by atoms with E-state index in [1.54, 1.807) is 6.92 Å². The summed E-state index contributed by atoms with van der Waals surface area (Å²) >= 11 is 5.95. The molecule has 2 amide bonds. The summed E-state index contributed by atoms with van der Waals surface area (Å²) in [6, 6.07) is 10.5. The van der Waals surface area contributed by atoms with Crippen molar-refractivity contribution in [3.05, 3.63) is 58.1 Å². The normalized spacial score (nSPS) is 23.5. The second-order valence-corrected chi connectivity index (χ2v) is 9.01. The summed E-state index contributed by atoms with van der Waals surface area (Å²) in [6.45, 7) is 6.92. The lowest BCUT2D eigenvalue weighted by molar-refractivity contribution is 0.170. The fourth-order valence-electron chi connectivity index (χ4n) is 4.45. The number of halogens is 1. The maximum absolute atomic E-state index is 13.2. The number of amidine groups is 1. The molecule has 2 aliphatic heterocycles. The van der Waals surface area contributed by atoms with Crippen LogP contribution in [-0.2, 0) is 0 Å². The zero-order valence-corrected chi connectivity index (χ0v) is 18.4. The Balaban J connectivity index is 1.27. The van der Waals surface area contributed by atoms with Gasteiger partial charge in [-0.05, 0) is 49.9 Å². The predicted molar refractivity (Wildman–Crippen MR) is 119 cm³/mol. The van der Waals surface area contributed by atoms with E-state index in [-0.39, 0.29) is 17.4 Å². The summed E-state index contributed by atoms with van der Waals surface area (Å²) in [5, 5.41) is 6.51. The van der Waals surface area contributed by atoms with Gasteiger partial charge in [-0.2, -0.15) is 9.97 Å². The number of benzene rings is 1. The van der Waals surface area contributed by atoms with Gasteiger partial charge in [0.05, 0.1) is 18.6 Å². The number of urea groups is 1. The molecule has 160 valence electrons. The van der Waals surface area contributed by atoms with Gasteiger partial charge in [-0.25, -0.2) is 9.78 Å². The van der Waals surface area contributed by atoms with Crippen molar-refractivity contribution >= 4 is 29.4 Å². The molecule has 2 unspecified atom stereocenters. The number of nitrogens with one attached hydrogen (secondary N) is 2. The smallest absolute Gasteiger partial charge is 0.318 e. The van der Waals surface area contributed by atoms with E-state index in [9.17, 15) is 4.79 Å². The Bertz CT molecular complexity index is 1090. The van der Waals surface area contributed by atoms with Crippen LogP contribution < -0.4 is 10.6 Å². The molecule has 9 heteroatoms. The molecule has 5 rings (SSSR count). The Hall–Kier alpha value is -3.00. The van der Waals surface area contributed by atoms with Crippen LogP contribution in [0.3, 0.4) is 0 Å². The van der Waals surface area contributed by atoms with Gasteiger partial charge in [0.2, 0.25) is 11.2 Å². The highest BCUT2D eigenvalue weighted by Crippen LogP contribution is 2.42. The quantitative estimate of drug-likeness (QED) is 0.768. The first-order valence-corrected chi connectivity index (χ1v) is 10.8. The van der Waals surface area contributed by atoms with Gasteiger partial charge >= 0.3 is 6.03 Å². The molecule has 2 atom stereocenters. The molecule has 1 aromatic heterocycles. The summed E-state index contributed by atoms with van der Waals surface area (Å²) in [6.07, 6.45) is 0.977. The van der Waals surface area contributed by atoms with E-state index >= 15 is 0 Å². The van der Waals surface area contributed by atoms with Gasteiger partial charge in [0.15, 0.2) is 0 Å². The van der Waals surface area contributed by atoms with Crippen LogP contribution in [0, 0.1) is 6.92 Å². The number of amides is 2. The van der Waals surface area contributed by atoms with E-state index in [2.05, 4.69) is 56.6 Å². The number of anilines is 1. The Morgan fingerprint density at radius 2 is 1.97 bits per heavy atom. The number of nitrogens with zero attached hydrogens (tertiary/aromatic N) is 5. The van der Waals surface area contributed by atoms with E-state index in [1.165, 1.54) is 5.56 Å².